The van der Waals surface area contributed by atoms with Crippen LogP contribution in [0.15, 0.2) is 41.1 Å². The molecular weight excluding hydrogens is 462 g/mol. The molecule has 1 saturated heterocycles. The number of nitriles is 1. The maximum Gasteiger partial charge on any atom is 0.254 e. The number of furan rings is 1. The number of carbonyl (C=O) groups excluding carboxylic acids is 2. The highest BCUT2D eigenvalue weighted by atomic mass is 19.1. The number of benzene rings is 1. The molecule has 4 N–H and O–H groups in total. The van der Waals surface area contributed by atoms with E-state index < -0.39 is 23.4 Å². The fourth-order valence-electron chi connectivity index (χ4n) is 4.36. The Morgan fingerprint density at radius 1 is 1.49 bits per heavy atom. The third kappa shape index (κ3) is 4.45. The third-order valence-corrected chi connectivity index (χ3v) is 6.22. The number of amides is 2. The van der Waals surface area contributed by atoms with E-state index >= 15 is 4.39 Å². The van der Waals surface area contributed by atoms with Crippen molar-refractivity contribution in [2.75, 3.05) is 18.4 Å². The van der Waals surface area contributed by atoms with Crippen LogP contribution in [0.1, 0.15) is 28.8 Å². The first-order valence-corrected chi connectivity index (χ1v) is 10.7. The van der Waals surface area contributed by atoms with Gasteiger partial charge in [0, 0.05) is 31.4 Å². The van der Waals surface area contributed by atoms with Gasteiger partial charge in [0.15, 0.2) is 5.82 Å². The number of aromatic hydroxyl groups is 1. The van der Waals surface area contributed by atoms with Gasteiger partial charge in [0.2, 0.25) is 6.41 Å². The van der Waals surface area contributed by atoms with E-state index in [0.29, 0.717) is 12.2 Å². The van der Waals surface area contributed by atoms with Crippen molar-refractivity contribution < 1.29 is 27.9 Å². The number of phenolic OH excluding ortho intramolecular Hbond substituents is 1. The zero-order chi connectivity index (χ0) is 25.2. The summed E-state index contributed by atoms with van der Waals surface area (Å²) in [5.41, 5.74) is 4.19. The first-order valence-electron chi connectivity index (χ1n) is 10.7. The summed E-state index contributed by atoms with van der Waals surface area (Å²) in [5.74, 6) is -1.44. The number of aromatic nitrogens is 2. The van der Waals surface area contributed by atoms with Gasteiger partial charge in [-0.15, -0.1) is 0 Å². The van der Waals surface area contributed by atoms with Gasteiger partial charge in [0.25, 0.3) is 5.91 Å². The van der Waals surface area contributed by atoms with Crippen molar-refractivity contribution in [1.82, 2.24) is 14.7 Å². The van der Waals surface area contributed by atoms with E-state index in [1.807, 2.05) is 6.07 Å². The molecule has 12 heteroatoms. The lowest BCUT2D eigenvalue weighted by molar-refractivity contribution is -0.105. The second-order valence-electron chi connectivity index (χ2n) is 8.29. The molecule has 2 unspecified atom stereocenters. The predicted octanol–water partition coefficient (Wildman–Crippen LogP) is 2.51. The van der Waals surface area contributed by atoms with Gasteiger partial charge in [0.05, 0.1) is 24.3 Å². The molecule has 1 aliphatic rings. The number of carbonyl (C=O) groups is 2. The Morgan fingerprint density at radius 3 is 2.91 bits per heavy atom. The lowest BCUT2D eigenvalue weighted by Crippen LogP contribution is -2.54. The van der Waals surface area contributed by atoms with Gasteiger partial charge < -0.3 is 20.6 Å². The minimum Gasteiger partial charge on any atom is -0.507 e. The van der Waals surface area contributed by atoms with Crippen molar-refractivity contribution in [3.05, 3.63) is 53.7 Å². The molecule has 0 aliphatic carbocycles. The molecule has 3 heterocycles. The Bertz CT molecular complexity index is 1290. The highest BCUT2D eigenvalue weighted by Crippen LogP contribution is 2.38. The lowest BCUT2D eigenvalue weighted by Gasteiger charge is -2.43. The normalized spacial score (nSPS) is 20.3. The summed E-state index contributed by atoms with van der Waals surface area (Å²) in [6.45, 7) is 0.124. The van der Waals surface area contributed by atoms with Gasteiger partial charge in [0.1, 0.15) is 34.6 Å². The topological polar surface area (TPSA) is 150 Å². The zero-order valence-electron chi connectivity index (χ0n) is 18.4. The molecule has 2 atom stereocenters. The van der Waals surface area contributed by atoms with Crippen LogP contribution < -0.4 is 11.1 Å². The SMILES string of the molecule is N#CCC1(n2cc(C(N)=O)c(NC=O)n2)CCN(Cc2cc(O)c(-c3ccco3)cc2F)CC1F. The van der Waals surface area contributed by atoms with Crippen molar-refractivity contribution in [3.63, 3.8) is 0 Å². The molecule has 2 amide bonds. The van der Waals surface area contributed by atoms with Crippen LogP contribution >= 0.6 is 0 Å². The molecule has 0 spiro atoms. The third-order valence-electron chi connectivity index (χ3n) is 6.22. The van der Waals surface area contributed by atoms with Crippen LogP contribution in [0.2, 0.25) is 0 Å². The van der Waals surface area contributed by atoms with E-state index in [-0.39, 0.29) is 60.7 Å². The van der Waals surface area contributed by atoms with Gasteiger partial charge in [-0.3, -0.25) is 19.2 Å². The molecular formula is C23H22F2N6O4. The van der Waals surface area contributed by atoms with E-state index in [2.05, 4.69) is 10.4 Å². The standard InChI is InChI=1S/C23H22F2N6O4/c24-17-9-15(19-2-1-7-35-19)18(33)8-14(17)10-30-6-4-23(3-5-26,20(25)12-30)31-11-16(21(27)34)22(29-31)28-13-32/h1-2,7-9,11,13,20,33H,3-4,6,10,12H2,(H2,27,34)(H,28,29,32). The summed E-state index contributed by atoms with van der Waals surface area (Å²) in [5, 5.41) is 26.1. The van der Waals surface area contributed by atoms with E-state index in [1.165, 1.54) is 23.2 Å². The van der Waals surface area contributed by atoms with Gasteiger partial charge in [-0.05, 0) is 30.7 Å². The Hall–Kier alpha value is -4.24. The van der Waals surface area contributed by atoms with Gasteiger partial charge in [-0.2, -0.15) is 10.4 Å². The molecule has 182 valence electrons. The zero-order valence-corrected chi connectivity index (χ0v) is 18.4. The van der Waals surface area contributed by atoms with E-state index in [4.69, 9.17) is 10.2 Å². The van der Waals surface area contributed by atoms with Crippen molar-refractivity contribution >= 4 is 18.1 Å². The van der Waals surface area contributed by atoms with Gasteiger partial charge >= 0.3 is 0 Å². The van der Waals surface area contributed by atoms with Crippen LogP contribution in [-0.4, -0.2) is 51.4 Å². The summed E-state index contributed by atoms with van der Waals surface area (Å²) in [6, 6.07) is 7.63. The number of phenols is 1. The Balaban J connectivity index is 1.57. The van der Waals surface area contributed by atoms with Crippen LogP contribution in [-0.2, 0) is 16.9 Å². The number of piperidine rings is 1. The second-order valence-corrected chi connectivity index (χ2v) is 8.29. The number of anilines is 1. The fourth-order valence-corrected chi connectivity index (χ4v) is 4.36. The van der Waals surface area contributed by atoms with Crippen molar-refractivity contribution in [2.45, 2.75) is 31.1 Å². The summed E-state index contributed by atoms with van der Waals surface area (Å²) < 4.78 is 36.9. The first kappa shape index (κ1) is 23.9. The Labute approximate surface area is 198 Å². The molecule has 2 aromatic heterocycles. The van der Waals surface area contributed by atoms with Gasteiger partial charge in [-0.25, -0.2) is 8.78 Å². The van der Waals surface area contributed by atoms with Crippen LogP contribution in [0.5, 0.6) is 5.75 Å². The number of alkyl halides is 1. The Kier molecular flexibility index (Phi) is 6.52. The van der Waals surface area contributed by atoms with Crippen molar-refractivity contribution in [1.29, 1.82) is 5.26 Å². The monoisotopic (exact) mass is 484 g/mol. The predicted molar refractivity (Wildman–Crippen MR) is 119 cm³/mol. The highest BCUT2D eigenvalue weighted by Gasteiger charge is 2.46. The molecule has 1 aromatic carbocycles. The molecule has 1 aliphatic heterocycles. The molecule has 0 radical (unpaired) electrons. The fraction of sp³-hybridized carbons (Fsp3) is 0.304. The minimum absolute atomic E-state index is 0.0183. The van der Waals surface area contributed by atoms with Crippen LogP contribution in [0.3, 0.4) is 0 Å². The number of nitrogens with zero attached hydrogens (tertiary/aromatic N) is 4. The highest BCUT2D eigenvalue weighted by molar-refractivity contribution is 5.99. The summed E-state index contributed by atoms with van der Waals surface area (Å²) in [6.07, 6.45) is 1.17. The van der Waals surface area contributed by atoms with E-state index in [0.717, 1.165) is 6.07 Å². The maximum atomic E-state index is 15.7. The Morgan fingerprint density at radius 2 is 2.29 bits per heavy atom. The maximum absolute atomic E-state index is 15.7. The number of primary amides is 1. The number of halogens is 2. The number of hydrogen-bond donors (Lipinski definition) is 3. The van der Waals surface area contributed by atoms with Crippen LogP contribution in [0, 0.1) is 17.1 Å². The molecule has 3 aromatic rings. The number of likely N-dealkylation sites (tertiary alicyclic amines) is 1. The minimum atomic E-state index is -1.63. The molecule has 4 rings (SSSR count). The molecule has 0 bridgehead atoms. The number of hydrogen-bond acceptors (Lipinski definition) is 7. The smallest absolute Gasteiger partial charge is 0.254 e. The average Bonchev–Trinajstić information content (AvgIpc) is 3.49. The molecule has 0 saturated carbocycles. The van der Waals surface area contributed by atoms with Crippen molar-refractivity contribution in [2.24, 2.45) is 5.73 Å². The number of nitrogens with one attached hydrogen (secondary N) is 1. The van der Waals surface area contributed by atoms with Crippen LogP contribution in [0.4, 0.5) is 14.6 Å². The molecule has 35 heavy (non-hydrogen) atoms. The summed E-state index contributed by atoms with van der Waals surface area (Å²) in [7, 11) is 0. The van der Waals surface area contributed by atoms with Crippen LogP contribution in [0.25, 0.3) is 11.3 Å². The summed E-state index contributed by atoms with van der Waals surface area (Å²) >= 11 is 0. The molecule has 1 fully saturated rings. The number of nitrogens with two attached hydrogens (primary N) is 1. The average molecular weight is 484 g/mol. The van der Waals surface area contributed by atoms with Gasteiger partial charge in [-0.1, -0.05) is 0 Å². The quantitative estimate of drug-likeness (QED) is 0.416. The number of rotatable bonds is 8. The molecule has 10 nitrogen and oxygen atoms in total. The first-order chi connectivity index (χ1) is 16.8. The van der Waals surface area contributed by atoms with E-state index in [9.17, 15) is 24.3 Å². The lowest BCUT2D eigenvalue weighted by atomic mass is 9.83. The largest absolute Gasteiger partial charge is 0.507 e. The second kappa shape index (κ2) is 9.55. The summed E-state index contributed by atoms with van der Waals surface area (Å²) in [4.78, 5) is 24.3. The van der Waals surface area contributed by atoms with E-state index in [1.54, 1.807) is 17.0 Å². The van der Waals surface area contributed by atoms with Crippen molar-refractivity contribution in [3.8, 4) is 23.1 Å².